The van der Waals surface area contributed by atoms with Crippen molar-refractivity contribution in [2.75, 3.05) is 0 Å². The summed E-state index contributed by atoms with van der Waals surface area (Å²) in [6, 6.07) is 3.84. The Labute approximate surface area is 79.8 Å². The van der Waals surface area contributed by atoms with E-state index in [1.807, 2.05) is 0 Å². The molecule has 0 amide bonds. The van der Waals surface area contributed by atoms with Crippen LogP contribution in [0.25, 0.3) is 0 Å². The molecule has 0 atom stereocenters. The van der Waals surface area contributed by atoms with Crippen molar-refractivity contribution in [1.29, 1.82) is 5.26 Å². The third-order valence-electron chi connectivity index (χ3n) is 1.80. The molecule has 0 bridgehead atoms. The fourth-order valence-electron chi connectivity index (χ4n) is 1.12. The standard InChI is InChI=1S/C10H6FNO2/c1-6(14)7-2-3-10(11)9(5-13)8(7)4-12/h2-3,5H,1H3. The summed E-state index contributed by atoms with van der Waals surface area (Å²) in [5.74, 6) is -1.16. The SMILES string of the molecule is CC(=O)c1ccc(F)c(C=O)c1C#N. The molecule has 0 N–H and O–H groups in total. The van der Waals surface area contributed by atoms with E-state index in [9.17, 15) is 14.0 Å². The number of ketones is 1. The van der Waals surface area contributed by atoms with Crippen LogP contribution < -0.4 is 0 Å². The Morgan fingerprint density at radius 3 is 2.64 bits per heavy atom. The topological polar surface area (TPSA) is 57.9 Å². The van der Waals surface area contributed by atoms with E-state index in [1.54, 1.807) is 6.07 Å². The predicted octanol–water partition coefficient (Wildman–Crippen LogP) is 1.71. The van der Waals surface area contributed by atoms with Gasteiger partial charge in [-0.25, -0.2) is 4.39 Å². The van der Waals surface area contributed by atoms with Gasteiger partial charge in [-0.05, 0) is 19.1 Å². The molecule has 3 nitrogen and oxygen atoms in total. The van der Waals surface area contributed by atoms with E-state index in [1.165, 1.54) is 13.0 Å². The first-order valence-electron chi connectivity index (χ1n) is 3.80. The van der Waals surface area contributed by atoms with Gasteiger partial charge < -0.3 is 0 Å². The van der Waals surface area contributed by atoms with Gasteiger partial charge in [-0.15, -0.1) is 0 Å². The van der Waals surface area contributed by atoms with Crippen molar-refractivity contribution >= 4 is 12.1 Å². The Morgan fingerprint density at radius 2 is 2.21 bits per heavy atom. The maximum absolute atomic E-state index is 13.0. The molecule has 0 aliphatic carbocycles. The lowest BCUT2D eigenvalue weighted by Gasteiger charge is -2.02. The number of carbonyl (C=O) groups is 2. The van der Waals surface area contributed by atoms with Crippen LogP contribution in [0.5, 0.6) is 0 Å². The van der Waals surface area contributed by atoms with Gasteiger partial charge in [-0.1, -0.05) is 0 Å². The second kappa shape index (κ2) is 3.79. The number of nitrogens with zero attached hydrogens (tertiary/aromatic N) is 1. The molecule has 0 unspecified atom stereocenters. The molecule has 0 spiro atoms. The highest BCUT2D eigenvalue weighted by molar-refractivity contribution is 5.99. The van der Waals surface area contributed by atoms with Crippen molar-refractivity contribution < 1.29 is 14.0 Å². The van der Waals surface area contributed by atoms with E-state index >= 15 is 0 Å². The fourth-order valence-corrected chi connectivity index (χ4v) is 1.12. The van der Waals surface area contributed by atoms with Crippen LogP contribution in [0.15, 0.2) is 12.1 Å². The van der Waals surface area contributed by atoms with Crippen molar-refractivity contribution in [2.45, 2.75) is 6.92 Å². The summed E-state index contributed by atoms with van der Waals surface area (Å²) >= 11 is 0. The molecule has 14 heavy (non-hydrogen) atoms. The molecule has 0 aliphatic rings. The number of nitriles is 1. The quantitative estimate of drug-likeness (QED) is 0.528. The van der Waals surface area contributed by atoms with Gasteiger partial charge in [0.25, 0.3) is 0 Å². The molecule has 0 aliphatic heterocycles. The van der Waals surface area contributed by atoms with Gasteiger partial charge in [0.1, 0.15) is 11.9 Å². The minimum absolute atomic E-state index is 0.0657. The second-order valence-electron chi connectivity index (χ2n) is 2.67. The first kappa shape index (κ1) is 10.1. The highest BCUT2D eigenvalue weighted by atomic mass is 19.1. The molecule has 0 saturated heterocycles. The van der Waals surface area contributed by atoms with E-state index in [0.717, 1.165) is 6.07 Å². The lowest BCUT2D eigenvalue weighted by Crippen LogP contribution is -2.03. The highest BCUT2D eigenvalue weighted by Crippen LogP contribution is 2.16. The average molecular weight is 191 g/mol. The normalized spacial score (nSPS) is 9.21. The summed E-state index contributed by atoms with van der Waals surface area (Å²) in [5.41, 5.74) is -0.497. The van der Waals surface area contributed by atoms with E-state index in [0.29, 0.717) is 0 Å². The minimum Gasteiger partial charge on any atom is -0.298 e. The Kier molecular flexibility index (Phi) is 2.73. The Morgan fingerprint density at radius 1 is 1.57 bits per heavy atom. The van der Waals surface area contributed by atoms with Crippen LogP contribution in [0.1, 0.15) is 33.2 Å². The molecule has 0 radical (unpaired) electrons. The zero-order chi connectivity index (χ0) is 10.7. The summed E-state index contributed by atoms with van der Waals surface area (Å²) < 4.78 is 13.0. The zero-order valence-corrected chi connectivity index (χ0v) is 7.37. The molecule has 1 aromatic carbocycles. The fraction of sp³-hybridized carbons (Fsp3) is 0.100. The first-order valence-corrected chi connectivity index (χ1v) is 3.80. The summed E-state index contributed by atoms with van der Waals surface area (Å²) in [5, 5.41) is 8.68. The van der Waals surface area contributed by atoms with Crippen LogP contribution in [0.2, 0.25) is 0 Å². The van der Waals surface area contributed by atoms with E-state index < -0.39 is 5.82 Å². The van der Waals surface area contributed by atoms with Crippen molar-refractivity contribution in [3.8, 4) is 6.07 Å². The van der Waals surface area contributed by atoms with Gasteiger partial charge in [0, 0.05) is 5.56 Å². The third kappa shape index (κ3) is 1.52. The first-order chi connectivity index (χ1) is 6.61. The molecule has 4 heteroatoms. The van der Waals surface area contributed by atoms with Crippen molar-refractivity contribution in [3.63, 3.8) is 0 Å². The molecule has 0 heterocycles. The van der Waals surface area contributed by atoms with Crippen LogP contribution in [0, 0.1) is 17.1 Å². The summed E-state index contributed by atoms with van der Waals surface area (Å²) in [6.07, 6.45) is 0.236. The van der Waals surface area contributed by atoms with E-state index in [2.05, 4.69) is 0 Å². The maximum Gasteiger partial charge on any atom is 0.161 e. The van der Waals surface area contributed by atoms with Crippen LogP contribution in [-0.2, 0) is 0 Å². The second-order valence-corrected chi connectivity index (χ2v) is 2.67. The number of carbonyl (C=O) groups excluding carboxylic acids is 2. The Hall–Kier alpha value is -2.02. The predicted molar refractivity (Wildman–Crippen MR) is 46.5 cm³/mol. The summed E-state index contributed by atoms with van der Waals surface area (Å²) in [6.45, 7) is 1.25. The van der Waals surface area contributed by atoms with Crippen molar-refractivity contribution in [3.05, 3.63) is 34.6 Å². The van der Waals surface area contributed by atoms with E-state index in [4.69, 9.17) is 5.26 Å². The molecule has 1 rings (SSSR count). The van der Waals surface area contributed by atoms with Crippen LogP contribution >= 0.6 is 0 Å². The minimum atomic E-state index is -0.790. The van der Waals surface area contributed by atoms with Gasteiger partial charge in [0.15, 0.2) is 12.1 Å². The Bertz CT molecular complexity index is 446. The molecule has 0 saturated carbocycles. The largest absolute Gasteiger partial charge is 0.298 e. The van der Waals surface area contributed by atoms with Gasteiger partial charge in [-0.2, -0.15) is 5.26 Å². The van der Waals surface area contributed by atoms with E-state index in [-0.39, 0.29) is 28.8 Å². The number of benzene rings is 1. The van der Waals surface area contributed by atoms with Crippen LogP contribution in [-0.4, -0.2) is 12.1 Å². The van der Waals surface area contributed by atoms with Crippen LogP contribution in [0.3, 0.4) is 0 Å². The van der Waals surface area contributed by atoms with Crippen LogP contribution in [0.4, 0.5) is 4.39 Å². The van der Waals surface area contributed by atoms with Gasteiger partial charge in [0.05, 0.1) is 11.1 Å². The van der Waals surface area contributed by atoms with Crippen molar-refractivity contribution in [1.82, 2.24) is 0 Å². The molecular formula is C10H6FNO2. The molecule has 1 aromatic rings. The maximum atomic E-state index is 13.0. The lowest BCUT2D eigenvalue weighted by atomic mass is 10.00. The zero-order valence-electron chi connectivity index (χ0n) is 7.37. The summed E-state index contributed by atoms with van der Waals surface area (Å²) in [7, 11) is 0. The molecule has 70 valence electrons. The monoisotopic (exact) mass is 191 g/mol. The number of hydrogen-bond donors (Lipinski definition) is 0. The smallest absolute Gasteiger partial charge is 0.161 e. The highest BCUT2D eigenvalue weighted by Gasteiger charge is 2.14. The Balaban J connectivity index is 3.58. The number of rotatable bonds is 2. The molecule has 0 fully saturated rings. The van der Waals surface area contributed by atoms with Gasteiger partial charge in [0.2, 0.25) is 0 Å². The lowest BCUT2D eigenvalue weighted by molar-refractivity contribution is 0.101. The number of halogens is 1. The average Bonchev–Trinajstić information content (AvgIpc) is 2.16. The number of hydrogen-bond acceptors (Lipinski definition) is 3. The number of Topliss-reactive ketones (excluding diaryl/α,β-unsaturated/α-hetero) is 1. The third-order valence-corrected chi connectivity index (χ3v) is 1.80. The molecular weight excluding hydrogens is 185 g/mol. The molecule has 0 aromatic heterocycles. The number of aldehydes is 1. The van der Waals surface area contributed by atoms with Crippen molar-refractivity contribution in [2.24, 2.45) is 0 Å². The van der Waals surface area contributed by atoms with Gasteiger partial charge in [-0.3, -0.25) is 9.59 Å². The summed E-state index contributed by atoms with van der Waals surface area (Å²) in [4.78, 5) is 21.5. The van der Waals surface area contributed by atoms with Gasteiger partial charge >= 0.3 is 0 Å².